The molecule has 2 heterocycles. The molecule has 2 saturated heterocycles. The number of hydrogen-bond acceptors (Lipinski definition) is 2. The number of aliphatic imine (C=N–C) groups is 1. The second kappa shape index (κ2) is 7.10. The van der Waals surface area contributed by atoms with Crippen LogP contribution in [0.2, 0.25) is 0 Å². The van der Waals surface area contributed by atoms with Crippen molar-refractivity contribution in [1.82, 2.24) is 15.5 Å². The Morgan fingerprint density at radius 2 is 2.30 bits per heavy atom. The molecule has 0 radical (unpaired) electrons. The smallest absolute Gasteiger partial charge is 0.220 e. The van der Waals surface area contributed by atoms with Crippen LogP contribution >= 0.6 is 0 Å². The number of guanidine groups is 1. The van der Waals surface area contributed by atoms with Crippen LogP contribution in [0.15, 0.2) is 4.99 Å². The molecule has 1 aliphatic carbocycles. The first kappa shape index (κ1) is 16.6. The van der Waals surface area contributed by atoms with Crippen LogP contribution in [0, 0.1) is 17.3 Å². The van der Waals surface area contributed by atoms with Crippen LogP contribution in [0.1, 0.15) is 51.9 Å². The van der Waals surface area contributed by atoms with Crippen LogP contribution in [0.4, 0.5) is 0 Å². The van der Waals surface area contributed by atoms with E-state index in [0.29, 0.717) is 6.42 Å². The summed E-state index contributed by atoms with van der Waals surface area (Å²) in [4.78, 5) is 18.5. The second-order valence-electron chi connectivity index (χ2n) is 8.04. The zero-order valence-electron chi connectivity index (χ0n) is 14.7. The van der Waals surface area contributed by atoms with E-state index in [2.05, 4.69) is 27.4 Å². The maximum Gasteiger partial charge on any atom is 0.220 e. The molecule has 3 atom stereocenters. The van der Waals surface area contributed by atoms with E-state index in [-0.39, 0.29) is 11.3 Å². The summed E-state index contributed by atoms with van der Waals surface area (Å²) >= 11 is 0. The molecule has 1 spiro atoms. The highest BCUT2D eigenvalue weighted by atomic mass is 16.1. The van der Waals surface area contributed by atoms with Crippen LogP contribution < -0.4 is 10.6 Å². The molecule has 3 unspecified atom stereocenters. The van der Waals surface area contributed by atoms with E-state index in [1.165, 1.54) is 25.7 Å². The average molecular weight is 320 g/mol. The zero-order valence-corrected chi connectivity index (χ0v) is 14.7. The Hall–Kier alpha value is -1.26. The van der Waals surface area contributed by atoms with Gasteiger partial charge in [-0.2, -0.15) is 0 Å². The summed E-state index contributed by atoms with van der Waals surface area (Å²) in [5.74, 6) is 2.89. The lowest BCUT2D eigenvalue weighted by molar-refractivity contribution is -0.119. The van der Waals surface area contributed by atoms with Crippen molar-refractivity contribution in [2.45, 2.75) is 51.9 Å². The summed E-state index contributed by atoms with van der Waals surface area (Å²) in [7, 11) is 1.88. The summed E-state index contributed by atoms with van der Waals surface area (Å²) in [5, 5.41) is 6.64. The number of carbonyl (C=O) groups excluding carboxylic acids is 1. The number of nitrogens with one attached hydrogen (secondary N) is 2. The summed E-state index contributed by atoms with van der Waals surface area (Å²) in [5.41, 5.74) is 0.131. The monoisotopic (exact) mass is 320 g/mol. The topological polar surface area (TPSA) is 56.7 Å². The molecule has 1 saturated carbocycles. The van der Waals surface area contributed by atoms with Crippen molar-refractivity contribution in [3.63, 3.8) is 0 Å². The third kappa shape index (κ3) is 3.99. The molecule has 23 heavy (non-hydrogen) atoms. The highest BCUT2D eigenvalue weighted by Gasteiger charge is 2.42. The van der Waals surface area contributed by atoms with Gasteiger partial charge in [0.1, 0.15) is 0 Å². The van der Waals surface area contributed by atoms with Gasteiger partial charge in [-0.05, 0) is 37.5 Å². The van der Waals surface area contributed by atoms with Gasteiger partial charge in [-0.25, -0.2) is 0 Å². The van der Waals surface area contributed by atoms with Gasteiger partial charge in [-0.1, -0.05) is 19.8 Å². The molecule has 3 fully saturated rings. The lowest BCUT2D eigenvalue weighted by atomic mass is 9.79. The number of nitrogens with zero attached hydrogens (tertiary/aromatic N) is 2. The van der Waals surface area contributed by atoms with E-state index in [0.717, 1.165) is 56.8 Å². The van der Waals surface area contributed by atoms with E-state index in [4.69, 9.17) is 0 Å². The molecule has 5 heteroatoms. The molecule has 1 amide bonds. The van der Waals surface area contributed by atoms with Gasteiger partial charge >= 0.3 is 0 Å². The Balaban J connectivity index is 1.54. The van der Waals surface area contributed by atoms with Crippen LogP contribution in [-0.2, 0) is 4.79 Å². The zero-order chi connectivity index (χ0) is 16.3. The minimum atomic E-state index is 0.131. The molecule has 2 aliphatic heterocycles. The molecular formula is C18H32N4O. The number of likely N-dealkylation sites (tertiary alicyclic amines) is 1. The van der Waals surface area contributed by atoms with Gasteiger partial charge in [-0.3, -0.25) is 9.79 Å². The van der Waals surface area contributed by atoms with E-state index in [9.17, 15) is 4.79 Å². The Morgan fingerprint density at radius 3 is 3.00 bits per heavy atom. The van der Waals surface area contributed by atoms with Gasteiger partial charge in [0.2, 0.25) is 5.91 Å². The predicted octanol–water partition coefficient (Wildman–Crippen LogP) is 1.99. The maximum atomic E-state index is 11.7. The van der Waals surface area contributed by atoms with Gasteiger partial charge in [0.15, 0.2) is 5.96 Å². The van der Waals surface area contributed by atoms with Crippen molar-refractivity contribution in [1.29, 1.82) is 0 Å². The number of amides is 1. The minimum absolute atomic E-state index is 0.131. The molecule has 130 valence electrons. The van der Waals surface area contributed by atoms with Crippen molar-refractivity contribution in [2.24, 2.45) is 22.2 Å². The third-order valence-corrected chi connectivity index (χ3v) is 5.96. The lowest BCUT2D eigenvalue weighted by Crippen LogP contribution is -2.52. The molecule has 0 bridgehead atoms. The SMILES string of the molecule is CN=C(NCC1CCCC(C)C1)N1CCCC2(CNC(=O)C2)C1. The molecule has 5 nitrogen and oxygen atoms in total. The average Bonchev–Trinajstić information content (AvgIpc) is 2.88. The number of hydrogen-bond donors (Lipinski definition) is 2. The summed E-state index contributed by atoms with van der Waals surface area (Å²) in [6.45, 7) is 6.25. The quantitative estimate of drug-likeness (QED) is 0.604. The second-order valence-corrected chi connectivity index (χ2v) is 8.04. The first-order chi connectivity index (χ1) is 11.1. The number of rotatable bonds is 2. The first-order valence-corrected chi connectivity index (χ1v) is 9.32. The molecule has 0 aromatic carbocycles. The van der Waals surface area contributed by atoms with Crippen molar-refractivity contribution < 1.29 is 4.79 Å². The number of piperidine rings is 1. The summed E-state index contributed by atoms with van der Waals surface area (Å²) in [6, 6.07) is 0. The molecule has 0 aromatic rings. The van der Waals surface area contributed by atoms with Gasteiger partial charge < -0.3 is 15.5 Å². The van der Waals surface area contributed by atoms with Crippen LogP contribution in [-0.4, -0.2) is 50.0 Å². The van der Waals surface area contributed by atoms with E-state index >= 15 is 0 Å². The van der Waals surface area contributed by atoms with E-state index in [1.807, 2.05) is 7.05 Å². The highest BCUT2D eigenvalue weighted by molar-refractivity contribution is 5.81. The largest absolute Gasteiger partial charge is 0.356 e. The van der Waals surface area contributed by atoms with Gasteiger partial charge in [0, 0.05) is 45.1 Å². The fourth-order valence-corrected chi connectivity index (χ4v) is 4.74. The summed E-state index contributed by atoms with van der Waals surface area (Å²) in [6.07, 6.45) is 8.42. The molecule has 0 aromatic heterocycles. The number of carbonyl (C=O) groups is 1. The van der Waals surface area contributed by atoms with Crippen LogP contribution in [0.5, 0.6) is 0 Å². The van der Waals surface area contributed by atoms with Crippen LogP contribution in [0.25, 0.3) is 0 Å². The fourth-order valence-electron chi connectivity index (χ4n) is 4.74. The molecule has 2 N–H and O–H groups in total. The first-order valence-electron chi connectivity index (χ1n) is 9.32. The Bertz CT molecular complexity index is 464. The third-order valence-electron chi connectivity index (χ3n) is 5.96. The van der Waals surface area contributed by atoms with Crippen LogP contribution in [0.3, 0.4) is 0 Å². The van der Waals surface area contributed by atoms with Crippen molar-refractivity contribution in [3.05, 3.63) is 0 Å². The Kier molecular flexibility index (Phi) is 5.12. The van der Waals surface area contributed by atoms with Gasteiger partial charge in [0.05, 0.1) is 0 Å². The fraction of sp³-hybridized carbons (Fsp3) is 0.889. The predicted molar refractivity (Wildman–Crippen MR) is 93.4 cm³/mol. The van der Waals surface area contributed by atoms with Gasteiger partial charge in [-0.15, -0.1) is 0 Å². The normalized spacial score (nSPS) is 35.5. The van der Waals surface area contributed by atoms with Gasteiger partial charge in [0.25, 0.3) is 0 Å². The van der Waals surface area contributed by atoms with Crippen molar-refractivity contribution in [2.75, 3.05) is 33.2 Å². The van der Waals surface area contributed by atoms with E-state index < -0.39 is 0 Å². The maximum absolute atomic E-state index is 11.7. The van der Waals surface area contributed by atoms with E-state index in [1.54, 1.807) is 0 Å². The van der Waals surface area contributed by atoms with Crippen molar-refractivity contribution in [3.8, 4) is 0 Å². The molecular weight excluding hydrogens is 288 g/mol. The van der Waals surface area contributed by atoms with Crippen molar-refractivity contribution >= 4 is 11.9 Å². The minimum Gasteiger partial charge on any atom is -0.356 e. The standard InChI is InChI=1S/C18H32N4O/c1-14-5-3-6-15(9-14)11-20-17(19-2)22-8-4-7-18(13-22)10-16(23)21-12-18/h14-15H,3-13H2,1-2H3,(H,19,20)(H,21,23). The summed E-state index contributed by atoms with van der Waals surface area (Å²) < 4.78 is 0. The lowest BCUT2D eigenvalue weighted by Gasteiger charge is -2.41. The Labute approximate surface area is 140 Å². The molecule has 3 aliphatic rings. The Morgan fingerprint density at radius 1 is 1.43 bits per heavy atom. The highest BCUT2D eigenvalue weighted by Crippen LogP contribution is 2.36. The molecule has 3 rings (SSSR count).